The maximum atomic E-state index is 11.6. The second-order valence-corrected chi connectivity index (χ2v) is 3.18. The SMILES string of the molecule is Cc1cccc[n+]1-c1ccccc1[O-]. The van der Waals surface area contributed by atoms with E-state index in [-0.39, 0.29) is 5.75 Å². The summed E-state index contributed by atoms with van der Waals surface area (Å²) in [5, 5.41) is 11.6. The van der Waals surface area contributed by atoms with E-state index in [4.69, 9.17) is 0 Å². The fourth-order valence-corrected chi connectivity index (χ4v) is 1.45. The van der Waals surface area contributed by atoms with Crippen molar-refractivity contribution in [1.29, 1.82) is 0 Å². The van der Waals surface area contributed by atoms with Gasteiger partial charge in [0.25, 0.3) is 0 Å². The second kappa shape index (κ2) is 3.50. The lowest BCUT2D eigenvalue weighted by atomic mass is 10.2. The average molecular weight is 185 g/mol. The van der Waals surface area contributed by atoms with Crippen LogP contribution < -0.4 is 9.67 Å². The highest BCUT2D eigenvalue weighted by Gasteiger charge is 2.08. The average Bonchev–Trinajstić information content (AvgIpc) is 2.20. The van der Waals surface area contributed by atoms with Crippen molar-refractivity contribution < 1.29 is 9.67 Å². The van der Waals surface area contributed by atoms with Crippen molar-refractivity contribution in [2.75, 3.05) is 0 Å². The van der Waals surface area contributed by atoms with Gasteiger partial charge in [0.1, 0.15) is 0 Å². The maximum Gasteiger partial charge on any atom is 0.203 e. The zero-order valence-corrected chi connectivity index (χ0v) is 7.97. The third kappa shape index (κ3) is 1.46. The molecule has 1 aromatic carbocycles. The Bertz CT molecular complexity index is 408. The Hall–Kier alpha value is -1.83. The number of pyridine rings is 1. The Morgan fingerprint density at radius 3 is 2.43 bits per heavy atom. The van der Waals surface area contributed by atoms with Crippen LogP contribution in [0.3, 0.4) is 0 Å². The predicted octanol–water partition coefficient (Wildman–Crippen LogP) is 1.35. The number of nitrogens with zero attached hydrogens (tertiary/aromatic N) is 1. The van der Waals surface area contributed by atoms with Crippen molar-refractivity contribution in [3.8, 4) is 11.4 Å². The van der Waals surface area contributed by atoms with Gasteiger partial charge in [-0.05, 0) is 5.75 Å². The van der Waals surface area contributed by atoms with Gasteiger partial charge in [-0.15, -0.1) is 0 Å². The van der Waals surface area contributed by atoms with Crippen LogP contribution in [0, 0.1) is 6.92 Å². The first-order chi connectivity index (χ1) is 6.79. The molecular formula is C12H11NO. The van der Waals surface area contributed by atoms with Gasteiger partial charge < -0.3 is 5.11 Å². The van der Waals surface area contributed by atoms with Crippen LogP contribution in [-0.4, -0.2) is 0 Å². The van der Waals surface area contributed by atoms with E-state index in [9.17, 15) is 5.11 Å². The van der Waals surface area contributed by atoms with Crippen LogP contribution >= 0.6 is 0 Å². The zero-order chi connectivity index (χ0) is 9.97. The quantitative estimate of drug-likeness (QED) is 0.616. The van der Waals surface area contributed by atoms with Crippen molar-refractivity contribution in [1.82, 2.24) is 0 Å². The van der Waals surface area contributed by atoms with Crippen LogP contribution in [0.4, 0.5) is 0 Å². The lowest BCUT2D eigenvalue weighted by molar-refractivity contribution is -0.606. The largest absolute Gasteiger partial charge is 0.868 e. The van der Waals surface area contributed by atoms with E-state index in [1.54, 1.807) is 12.1 Å². The van der Waals surface area contributed by atoms with Gasteiger partial charge in [-0.3, -0.25) is 0 Å². The molecule has 0 atom stereocenters. The predicted molar refractivity (Wildman–Crippen MR) is 52.2 cm³/mol. The molecule has 0 aliphatic rings. The fraction of sp³-hybridized carbons (Fsp3) is 0.0833. The first kappa shape index (κ1) is 8.75. The number of hydrogen-bond donors (Lipinski definition) is 0. The Kier molecular flexibility index (Phi) is 2.19. The minimum Gasteiger partial charge on any atom is -0.868 e. The third-order valence-corrected chi connectivity index (χ3v) is 2.19. The second-order valence-electron chi connectivity index (χ2n) is 3.18. The molecular weight excluding hydrogens is 174 g/mol. The van der Waals surface area contributed by atoms with Gasteiger partial charge in [0, 0.05) is 25.1 Å². The molecule has 0 fully saturated rings. The van der Waals surface area contributed by atoms with Crippen LogP contribution in [0.15, 0.2) is 48.7 Å². The minimum atomic E-state index is 0.0480. The highest BCUT2D eigenvalue weighted by molar-refractivity contribution is 5.37. The highest BCUT2D eigenvalue weighted by Crippen LogP contribution is 2.12. The normalized spacial score (nSPS) is 10.1. The van der Waals surface area contributed by atoms with Crippen LogP contribution in [0.5, 0.6) is 5.75 Å². The van der Waals surface area contributed by atoms with Crippen LogP contribution in [0.2, 0.25) is 0 Å². The summed E-state index contributed by atoms with van der Waals surface area (Å²) in [6, 6.07) is 12.9. The van der Waals surface area contributed by atoms with E-state index in [0.717, 1.165) is 5.69 Å². The van der Waals surface area contributed by atoms with Gasteiger partial charge in [0.2, 0.25) is 5.69 Å². The van der Waals surface area contributed by atoms with Gasteiger partial charge in [-0.2, -0.15) is 4.57 Å². The van der Waals surface area contributed by atoms with Gasteiger partial charge in [-0.1, -0.05) is 24.3 Å². The Morgan fingerprint density at radius 1 is 1.00 bits per heavy atom. The summed E-state index contributed by atoms with van der Waals surface area (Å²) >= 11 is 0. The molecule has 2 aromatic rings. The molecule has 14 heavy (non-hydrogen) atoms. The Labute approximate surface area is 83.1 Å². The first-order valence-corrected chi connectivity index (χ1v) is 4.53. The van der Waals surface area contributed by atoms with E-state index in [1.807, 2.05) is 48.0 Å². The summed E-state index contributed by atoms with van der Waals surface area (Å²) in [7, 11) is 0. The van der Waals surface area contributed by atoms with E-state index < -0.39 is 0 Å². The molecule has 0 spiro atoms. The Morgan fingerprint density at radius 2 is 1.71 bits per heavy atom. The number of aromatic nitrogens is 1. The molecule has 2 nitrogen and oxygen atoms in total. The van der Waals surface area contributed by atoms with Crippen molar-refractivity contribution in [2.24, 2.45) is 0 Å². The molecule has 1 heterocycles. The minimum absolute atomic E-state index is 0.0480. The topological polar surface area (TPSA) is 26.9 Å². The summed E-state index contributed by atoms with van der Waals surface area (Å²) in [5.74, 6) is 0.0480. The summed E-state index contributed by atoms with van der Waals surface area (Å²) in [4.78, 5) is 0. The maximum absolute atomic E-state index is 11.6. The molecule has 2 rings (SSSR count). The fourth-order valence-electron chi connectivity index (χ4n) is 1.45. The van der Waals surface area contributed by atoms with Crippen LogP contribution in [-0.2, 0) is 0 Å². The van der Waals surface area contributed by atoms with E-state index in [0.29, 0.717) is 5.69 Å². The molecule has 1 aromatic heterocycles. The summed E-state index contributed by atoms with van der Waals surface area (Å²) in [6.07, 6.45) is 1.89. The van der Waals surface area contributed by atoms with Crippen molar-refractivity contribution >= 4 is 0 Å². The molecule has 0 bridgehead atoms. The molecule has 0 N–H and O–H groups in total. The summed E-state index contributed by atoms with van der Waals surface area (Å²) in [6.45, 7) is 1.98. The van der Waals surface area contributed by atoms with Crippen molar-refractivity contribution in [2.45, 2.75) is 6.92 Å². The highest BCUT2D eigenvalue weighted by atomic mass is 16.3. The van der Waals surface area contributed by atoms with Crippen molar-refractivity contribution in [3.05, 3.63) is 54.4 Å². The third-order valence-electron chi connectivity index (χ3n) is 2.19. The number of benzene rings is 1. The molecule has 0 unspecified atom stereocenters. The molecule has 0 saturated heterocycles. The smallest absolute Gasteiger partial charge is 0.203 e. The zero-order valence-electron chi connectivity index (χ0n) is 7.97. The number of aryl methyl sites for hydroxylation is 1. The van der Waals surface area contributed by atoms with Gasteiger partial charge >= 0.3 is 0 Å². The molecule has 2 heteroatoms. The molecule has 0 aliphatic heterocycles. The van der Waals surface area contributed by atoms with E-state index in [2.05, 4.69) is 0 Å². The lowest BCUT2D eigenvalue weighted by Gasteiger charge is -2.08. The van der Waals surface area contributed by atoms with E-state index >= 15 is 0 Å². The first-order valence-electron chi connectivity index (χ1n) is 4.53. The summed E-state index contributed by atoms with van der Waals surface area (Å²) < 4.78 is 1.89. The van der Waals surface area contributed by atoms with Crippen molar-refractivity contribution in [3.63, 3.8) is 0 Å². The molecule has 0 amide bonds. The molecule has 0 radical (unpaired) electrons. The monoisotopic (exact) mass is 185 g/mol. The molecule has 0 aliphatic carbocycles. The standard InChI is InChI=1S/C12H11NO/c1-10-6-4-5-9-13(10)11-7-2-3-8-12(11)14/h2-9H,1H3. The van der Waals surface area contributed by atoms with Crippen LogP contribution in [0.1, 0.15) is 5.69 Å². The van der Waals surface area contributed by atoms with Gasteiger partial charge in [0.05, 0.1) is 0 Å². The molecule has 70 valence electrons. The summed E-state index contributed by atoms with van der Waals surface area (Å²) in [5.41, 5.74) is 1.75. The number of hydrogen-bond acceptors (Lipinski definition) is 1. The van der Waals surface area contributed by atoms with E-state index in [1.165, 1.54) is 0 Å². The lowest BCUT2D eigenvalue weighted by Crippen LogP contribution is -2.34. The van der Waals surface area contributed by atoms with Crippen LogP contribution in [0.25, 0.3) is 5.69 Å². The van der Waals surface area contributed by atoms with Gasteiger partial charge in [-0.25, -0.2) is 0 Å². The van der Waals surface area contributed by atoms with Gasteiger partial charge in [0.15, 0.2) is 11.9 Å². The number of rotatable bonds is 1. The molecule has 0 saturated carbocycles. The number of para-hydroxylation sites is 2. The Balaban J connectivity index is 2.61.